The van der Waals surface area contributed by atoms with Crippen molar-refractivity contribution in [2.75, 3.05) is 0 Å². The van der Waals surface area contributed by atoms with Gasteiger partial charge in [0.15, 0.2) is 11.4 Å². The molecular formula is C20H32O3. The Hall–Kier alpha value is -1.38. The number of esters is 1. The molecule has 0 saturated carbocycles. The minimum absolute atomic E-state index is 0.0528. The zero-order valence-corrected chi connectivity index (χ0v) is 16.4. The minimum Gasteiger partial charge on any atom is -0.450 e. The third kappa shape index (κ3) is 3.94. The molecule has 0 aromatic heterocycles. The number of ether oxygens (including phenoxy) is 1. The molecule has 0 atom stereocenters. The van der Waals surface area contributed by atoms with E-state index in [1.807, 2.05) is 74.5 Å². The summed E-state index contributed by atoms with van der Waals surface area (Å²) in [5.41, 5.74) is -0.511. The highest BCUT2D eigenvalue weighted by Gasteiger charge is 2.48. The van der Waals surface area contributed by atoms with Crippen LogP contribution in [0.4, 0.5) is 0 Å². The molecule has 1 aliphatic carbocycles. The molecule has 0 aromatic rings. The van der Waals surface area contributed by atoms with Gasteiger partial charge >= 0.3 is 5.97 Å². The van der Waals surface area contributed by atoms with Gasteiger partial charge in [-0.15, -0.1) is 0 Å². The van der Waals surface area contributed by atoms with Crippen LogP contribution >= 0.6 is 0 Å². The summed E-state index contributed by atoms with van der Waals surface area (Å²) in [7, 11) is 0. The van der Waals surface area contributed by atoms with Gasteiger partial charge in [-0.2, -0.15) is 0 Å². The number of ketones is 1. The van der Waals surface area contributed by atoms with E-state index in [0.717, 1.165) is 0 Å². The third-order valence-corrected chi connectivity index (χ3v) is 4.31. The second kappa shape index (κ2) is 5.61. The Kier molecular flexibility index (Phi) is 4.80. The number of Topliss-reactive ketones (excluding diaryl/α,β-unsaturated/α-hetero) is 1. The predicted octanol–water partition coefficient (Wildman–Crippen LogP) is 4.86. The van der Waals surface area contributed by atoms with E-state index >= 15 is 0 Å². The van der Waals surface area contributed by atoms with Gasteiger partial charge < -0.3 is 4.74 Å². The van der Waals surface area contributed by atoms with Crippen molar-refractivity contribution < 1.29 is 14.3 Å². The molecule has 0 unspecified atom stereocenters. The van der Waals surface area contributed by atoms with E-state index in [2.05, 4.69) is 0 Å². The number of carbonyl (C=O) groups is 2. The van der Waals surface area contributed by atoms with Crippen LogP contribution < -0.4 is 0 Å². The van der Waals surface area contributed by atoms with Crippen molar-refractivity contribution in [2.45, 2.75) is 74.8 Å². The third-order valence-electron chi connectivity index (χ3n) is 4.31. The largest absolute Gasteiger partial charge is 0.450 e. The van der Waals surface area contributed by atoms with Crippen LogP contribution in [0.15, 0.2) is 23.3 Å². The molecule has 1 rings (SSSR count). The van der Waals surface area contributed by atoms with Gasteiger partial charge in [-0.05, 0) is 23.0 Å². The first-order valence-corrected chi connectivity index (χ1v) is 8.22. The smallest absolute Gasteiger partial charge is 0.303 e. The first kappa shape index (κ1) is 19.7. The van der Waals surface area contributed by atoms with Crippen LogP contribution in [-0.2, 0) is 14.3 Å². The van der Waals surface area contributed by atoms with Crippen molar-refractivity contribution in [3.63, 3.8) is 0 Å². The Balaban J connectivity index is 3.76. The summed E-state index contributed by atoms with van der Waals surface area (Å²) in [4.78, 5) is 24.8. The highest BCUT2D eigenvalue weighted by atomic mass is 16.6. The van der Waals surface area contributed by atoms with Crippen LogP contribution in [0, 0.1) is 16.2 Å². The highest BCUT2D eigenvalue weighted by Crippen LogP contribution is 2.47. The Morgan fingerprint density at radius 3 is 1.43 bits per heavy atom. The summed E-state index contributed by atoms with van der Waals surface area (Å²) in [6.45, 7) is 19.6. The average molecular weight is 320 g/mol. The number of allylic oxidation sites excluding steroid dienone is 2. The molecule has 0 fully saturated rings. The average Bonchev–Trinajstić information content (AvgIpc) is 2.26. The second-order valence-corrected chi connectivity index (χ2v) is 9.58. The Morgan fingerprint density at radius 1 is 0.870 bits per heavy atom. The van der Waals surface area contributed by atoms with E-state index < -0.39 is 5.60 Å². The van der Waals surface area contributed by atoms with Gasteiger partial charge in [-0.1, -0.05) is 62.3 Å². The molecule has 0 saturated heterocycles. The number of hydrogen-bond acceptors (Lipinski definition) is 3. The van der Waals surface area contributed by atoms with Gasteiger partial charge in [0.1, 0.15) is 0 Å². The lowest BCUT2D eigenvalue weighted by Gasteiger charge is -2.45. The molecular weight excluding hydrogens is 288 g/mol. The first-order valence-electron chi connectivity index (χ1n) is 8.22. The Morgan fingerprint density at radius 2 is 1.22 bits per heavy atom. The standard InChI is InChI=1S/C20H32O3/c1-13(21)23-20(19(8,9)10)11-14(17(2,3)4)16(22)15(12-20)18(5,6)7/h11-12H,1-10H3. The fourth-order valence-electron chi connectivity index (χ4n) is 2.74. The Labute approximate surface area is 141 Å². The zero-order valence-electron chi connectivity index (χ0n) is 16.4. The summed E-state index contributed by atoms with van der Waals surface area (Å²) in [6, 6.07) is 0. The predicted molar refractivity (Wildman–Crippen MR) is 94.0 cm³/mol. The molecule has 1 aliphatic rings. The fraction of sp³-hybridized carbons (Fsp3) is 0.700. The van der Waals surface area contributed by atoms with Crippen LogP contribution in [-0.4, -0.2) is 17.4 Å². The summed E-state index contributed by atoms with van der Waals surface area (Å²) in [6.07, 6.45) is 3.73. The zero-order chi connectivity index (χ0) is 18.4. The highest BCUT2D eigenvalue weighted by molar-refractivity contribution is 6.11. The van der Waals surface area contributed by atoms with Gasteiger partial charge in [0.2, 0.25) is 0 Å². The van der Waals surface area contributed by atoms with Crippen molar-refractivity contribution in [1.29, 1.82) is 0 Å². The molecule has 3 nitrogen and oxygen atoms in total. The molecule has 0 aromatic carbocycles. The van der Waals surface area contributed by atoms with E-state index in [0.29, 0.717) is 11.1 Å². The molecule has 130 valence electrons. The topological polar surface area (TPSA) is 43.4 Å². The van der Waals surface area contributed by atoms with Gasteiger partial charge in [0, 0.05) is 23.5 Å². The van der Waals surface area contributed by atoms with Gasteiger partial charge in [0.25, 0.3) is 0 Å². The van der Waals surface area contributed by atoms with Crippen LogP contribution in [0.1, 0.15) is 69.2 Å². The van der Waals surface area contributed by atoms with E-state index in [1.54, 1.807) is 0 Å². The SMILES string of the molecule is CC(=O)OC1(C(C)(C)C)C=C(C(C)(C)C)C(=O)C(C(C)(C)C)=C1. The summed E-state index contributed by atoms with van der Waals surface area (Å²) < 4.78 is 5.80. The van der Waals surface area contributed by atoms with Gasteiger partial charge in [0.05, 0.1) is 0 Å². The summed E-state index contributed by atoms with van der Waals surface area (Å²) in [5.74, 6) is -0.291. The number of carbonyl (C=O) groups excluding carboxylic acids is 2. The molecule has 0 aliphatic heterocycles. The lowest BCUT2D eigenvalue weighted by atomic mass is 9.64. The monoisotopic (exact) mass is 320 g/mol. The molecule has 0 heterocycles. The van der Waals surface area contributed by atoms with Crippen LogP contribution in [0.5, 0.6) is 0 Å². The quantitative estimate of drug-likeness (QED) is 0.648. The maximum atomic E-state index is 13.0. The molecule has 23 heavy (non-hydrogen) atoms. The minimum atomic E-state index is -0.919. The van der Waals surface area contributed by atoms with Crippen molar-refractivity contribution >= 4 is 11.8 Å². The van der Waals surface area contributed by atoms with Gasteiger partial charge in [-0.3, -0.25) is 9.59 Å². The first-order chi connectivity index (χ1) is 10.0. The molecule has 3 heteroatoms. The van der Waals surface area contributed by atoms with Crippen molar-refractivity contribution in [3.05, 3.63) is 23.3 Å². The number of rotatable bonds is 1. The van der Waals surface area contributed by atoms with E-state index in [1.165, 1.54) is 6.92 Å². The maximum absolute atomic E-state index is 13.0. The molecule has 0 bridgehead atoms. The molecule has 0 amide bonds. The lowest BCUT2D eigenvalue weighted by molar-refractivity contribution is -0.156. The van der Waals surface area contributed by atoms with Crippen LogP contribution in [0.2, 0.25) is 0 Å². The van der Waals surface area contributed by atoms with E-state index in [-0.39, 0.29) is 28.0 Å². The maximum Gasteiger partial charge on any atom is 0.303 e. The summed E-state index contributed by atoms with van der Waals surface area (Å²) >= 11 is 0. The van der Waals surface area contributed by atoms with E-state index in [4.69, 9.17) is 4.74 Å². The lowest BCUT2D eigenvalue weighted by Crippen LogP contribution is -2.48. The van der Waals surface area contributed by atoms with Gasteiger partial charge in [-0.25, -0.2) is 0 Å². The molecule has 0 spiro atoms. The number of hydrogen-bond donors (Lipinski definition) is 0. The normalized spacial score (nSPS) is 19.1. The molecule has 0 N–H and O–H groups in total. The molecule has 0 radical (unpaired) electrons. The van der Waals surface area contributed by atoms with Crippen molar-refractivity contribution in [1.82, 2.24) is 0 Å². The van der Waals surface area contributed by atoms with Crippen LogP contribution in [0.25, 0.3) is 0 Å². The van der Waals surface area contributed by atoms with Crippen molar-refractivity contribution in [3.8, 4) is 0 Å². The fourth-order valence-corrected chi connectivity index (χ4v) is 2.74. The van der Waals surface area contributed by atoms with E-state index in [9.17, 15) is 9.59 Å². The second-order valence-electron chi connectivity index (χ2n) is 9.58. The Bertz CT molecular complexity index is 535. The van der Waals surface area contributed by atoms with Crippen molar-refractivity contribution in [2.24, 2.45) is 16.2 Å². The van der Waals surface area contributed by atoms with Crippen LogP contribution in [0.3, 0.4) is 0 Å². The summed E-state index contributed by atoms with van der Waals surface area (Å²) in [5, 5.41) is 0.